The Hall–Kier alpha value is -1.40. The van der Waals surface area contributed by atoms with E-state index in [2.05, 4.69) is 0 Å². The summed E-state index contributed by atoms with van der Waals surface area (Å²) in [5, 5.41) is 9.50. The van der Waals surface area contributed by atoms with Crippen molar-refractivity contribution >= 4 is 16.0 Å². The molecular weight excluding hydrogens is 290 g/mol. The average molecular weight is 311 g/mol. The Morgan fingerprint density at radius 3 is 2.71 bits per heavy atom. The largest absolute Gasteiger partial charge is 0.480 e. The molecule has 1 aliphatic rings. The van der Waals surface area contributed by atoms with E-state index in [4.69, 9.17) is 0 Å². The predicted octanol–water partition coefficient (Wildman–Crippen LogP) is 2.15. The molecule has 1 heterocycles. The van der Waals surface area contributed by atoms with E-state index in [1.807, 2.05) is 25.1 Å². The Morgan fingerprint density at radius 2 is 2.14 bits per heavy atom. The van der Waals surface area contributed by atoms with Gasteiger partial charge in [-0.15, -0.1) is 0 Å². The molecule has 1 aromatic carbocycles. The van der Waals surface area contributed by atoms with Crippen molar-refractivity contribution in [3.05, 3.63) is 35.4 Å². The molecular formula is C15H21NO4S. The van der Waals surface area contributed by atoms with Gasteiger partial charge in [-0.3, -0.25) is 4.79 Å². The molecule has 2 rings (SSSR count). The smallest absolute Gasteiger partial charge is 0.325 e. The van der Waals surface area contributed by atoms with Crippen LogP contribution >= 0.6 is 0 Å². The van der Waals surface area contributed by atoms with Gasteiger partial charge in [0.1, 0.15) is 5.54 Å². The number of carbonyl (C=O) groups is 1. The highest BCUT2D eigenvalue weighted by Gasteiger charge is 2.51. The van der Waals surface area contributed by atoms with Crippen LogP contribution < -0.4 is 0 Å². The topological polar surface area (TPSA) is 74.7 Å². The van der Waals surface area contributed by atoms with E-state index in [9.17, 15) is 18.3 Å². The minimum Gasteiger partial charge on any atom is -0.480 e. The van der Waals surface area contributed by atoms with Crippen molar-refractivity contribution in [1.82, 2.24) is 4.31 Å². The highest BCUT2D eigenvalue weighted by molar-refractivity contribution is 7.88. The number of carboxylic acid groups (broad SMARTS) is 1. The van der Waals surface area contributed by atoms with Crippen LogP contribution in [0, 0.1) is 6.92 Å². The lowest BCUT2D eigenvalue weighted by Crippen LogP contribution is -2.52. The van der Waals surface area contributed by atoms with Crippen LogP contribution in [-0.2, 0) is 20.6 Å². The fraction of sp³-hybridized carbons (Fsp3) is 0.533. The highest BCUT2D eigenvalue weighted by atomic mass is 32.2. The second-order valence-electron chi connectivity index (χ2n) is 5.61. The van der Waals surface area contributed by atoms with E-state index in [1.165, 1.54) is 4.31 Å². The van der Waals surface area contributed by atoms with Gasteiger partial charge in [0.15, 0.2) is 0 Å². The number of aryl methyl sites for hydroxylation is 1. The number of benzene rings is 1. The van der Waals surface area contributed by atoms with E-state index >= 15 is 0 Å². The van der Waals surface area contributed by atoms with Gasteiger partial charge < -0.3 is 5.11 Å². The van der Waals surface area contributed by atoms with Crippen LogP contribution in [0.2, 0.25) is 0 Å². The SMILES string of the molecule is CCC1(C(=O)O)CCCN1S(=O)(=O)Cc1cccc(C)c1. The maximum absolute atomic E-state index is 12.7. The molecule has 6 heteroatoms. The molecule has 0 saturated carbocycles. The molecule has 1 aromatic rings. The van der Waals surface area contributed by atoms with Crippen molar-refractivity contribution in [2.75, 3.05) is 6.54 Å². The molecule has 1 aliphatic heterocycles. The summed E-state index contributed by atoms with van der Waals surface area (Å²) >= 11 is 0. The van der Waals surface area contributed by atoms with Gasteiger partial charge >= 0.3 is 5.97 Å². The van der Waals surface area contributed by atoms with Crippen molar-refractivity contribution < 1.29 is 18.3 Å². The molecule has 0 bridgehead atoms. The zero-order valence-electron chi connectivity index (χ0n) is 12.4. The first-order valence-electron chi connectivity index (χ1n) is 7.11. The predicted molar refractivity (Wildman–Crippen MR) is 80.4 cm³/mol. The van der Waals surface area contributed by atoms with Gasteiger partial charge in [0.2, 0.25) is 10.0 Å². The quantitative estimate of drug-likeness (QED) is 0.904. The first-order valence-corrected chi connectivity index (χ1v) is 8.72. The van der Waals surface area contributed by atoms with Crippen molar-refractivity contribution in [1.29, 1.82) is 0 Å². The maximum Gasteiger partial charge on any atom is 0.325 e. The van der Waals surface area contributed by atoms with Gasteiger partial charge in [-0.05, 0) is 31.7 Å². The number of carboxylic acids is 1. The number of hydrogen-bond donors (Lipinski definition) is 1. The molecule has 0 aliphatic carbocycles. The van der Waals surface area contributed by atoms with Gasteiger partial charge in [0.05, 0.1) is 5.75 Å². The lowest BCUT2D eigenvalue weighted by atomic mass is 9.95. The Morgan fingerprint density at radius 1 is 1.43 bits per heavy atom. The van der Waals surface area contributed by atoms with E-state index in [1.54, 1.807) is 13.0 Å². The Labute approximate surface area is 125 Å². The number of rotatable bonds is 5. The van der Waals surface area contributed by atoms with Crippen molar-refractivity contribution in [2.45, 2.75) is 44.4 Å². The van der Waals surface area contributed by atoms with Crippen LogP contribution in [0.25, 0.3) is 0 Å². The Balaban J connectivity index is 2.32. The summed E-state index contributed by atoms with van der Waals surface area (Å²) in [4.78, 5) is 11.6. The van der Waals surface area contributed by atoms with Crippen LogP contribution in [0.4, 0.5) is 0 Å². The standard InChI is InChI=1S/C15H21NO4S/c1-3-15(14(17)18)8-5-9-16(15)21(19,20)11-13-7-4-6-12(2)10-13/h4,6-7,10H,3,5,8-9,11H2,1-2H3,(H,17,18). The summed E-state index contributed by atoms with van der Waals surface area (Å²) in [5.74, 6) is -1.20. The molecule has 1 N–H and O–H groups in total. The summed E-state index contributed by atoms with van der Waals surface area (Å²) < 4.78 is 26.5. The number of hydrogen-bond acceptors (Lipinski definition) is 3. The summed E-state index contributed by atoms with van der Waals surface area (Å²) in [6.07, 6.45) is 1.26. The fourth-order valence-corrected chi connectivity index (χ4v) is 5.06. The minimum absolute atomic E-state index is 0.149. The fourth-order valence-electron chi connectivity index (χ4n) is 3.07. The number of aliphatic carboxylic acids is 1. The normalized spacial score (nSPS) is 23.3. The van der Waals surface area contributed by atoms with Crippen LogP contribution in [0.5, 0.6) is 0 Å². The van der Waals surface area contributed by atoms with Gasteiger partial charge in [-0.25, -0.2) is 8.42 Å². The van der Waals surface area contributed by atoms with E-state index in [0.717, 1.165) is 5.56 Å². The van der Waals surface area contributed by atoms with Crippen LogP contribution in [0.15, 0.2) is 24.3 Å². The summed E-state index contributed by atoms with van der Waals surface area (Å²) in [7, 11) is -3.64. The van der Waals surface area contributed by atoms with Crippen LogP contribution in [0.1, 0.15) is 37.3 Å². The summed E-state index contributed by atoms with van der Waals surface area (Å²) in [6.45, 7) is 3.92. The number of nitrogens with zero attached hydrogens (tertiary/aromatic N) is 1. The molecule has 1 fully saturated rings. The molecule has 1 saturated heterocycles. The number of sulfonamides is 1. The third kappa shape index (κ3) is 2.96. The molecule has 1 unspecified atom stereocenters. The molecule has 0 amide bonds. The molecule has 5 nitrogen and oxygen atoms in total. The highest BCUT2D eigenvalue weighted by Crippen LogP contribution is 2.36. The van der Waals surface area contributed by atoms with Crippen molar-refractivity contribution in [2.24, 2.45) is 0 Å². The van der Waals surface area contributed by atoms with E-state index < -0.39 is 21.5 Å². The van der Waals surface area contributed by atoms with E-state index in [-0.39, 0.29) is 18.7 Å². The first kappa shape index (κ1) is 16.0. The summed E-state index contributed by atoms with van der Waals surface area (Å²) in [5.41, 5.74) is 0.407. The second-order valence-corrected chi connectivity index (χ2v) is 7.50. The van der Waals surface area contributed by atoms with Gasteiger partial charge in [0, 0.05) is 6.54 Å². The van der Waals surface area contributed by atoms with Crippen molar-refractivity contribution in [3.8, 4) is 0 Å². The molecule has 0 aromatic heterocycles. The lowest BCUT2D eigenvalue weighted by Gasteiger charge is -2.32. The lowest BCUT2D eigenvalue weighted by molar-refractivity contribution is -0.147. The van der Waals surface area contributed by atoms with Gasteiger partial charge in [-0.1, -0.05) is 36.8 Å². The first-order chi connectivity index (χ1) is 9.82. The Kier molecular flexibility index (Phi) is 4.39. The molecule has 21 heavy (non-hydrogen) atoms. The maximum atomic E-state index is 12.7. The van der Waals surface area contributed by atoms with Gasteiger partial charge in [0.25, 0.3) is 0 Å². The zero-order valence-corrected chi connectivity index (χ0v) is 13.2. The minimum atomic E-state index is -3.64. The molecule has 116 valence electrons. The van der Waals surface area contributed by atoms with Crippen LogP contribution in [-0.4, -0.2) is 35.9 Å². The molecule has 0 spiro atoms. The van der Waals surface area contributed by atoms with E-state index in [0.29, 0.717) is 18.4 Å². The van der Waals surface area contributed by atoms with Crippen molar-refractivity contribution in [3.63, 3.8) is 0 Å². The summed E-state index contributed by atoms with van der Waals surface area (Å²) in [6, 6.07) is 7.30. The third-order valence-corrected chi connectivity index (χ3v) is 6.08. The average Bonchev–Trinajstić information content (AvgIpc) is 2.84. The third-order valence-electron chi connectivity index (χ3n) is 4.18. The van der Waals surface area contributed by atoms with Crippen LogP contribution in [0.3, 0.4) is 0 Å². The second kappa shape index (κ2) is 5.77. The monoisotopic (exact) mass is 311 g/mol. The molecule has 1 atom stereocenters. The molecule has 0 radical (unpaired) electrons. The zero-order chi connectivity index (χ0) is 15.7. The van der Waals surface area contributed by atoms with Gasteiger partial charge in [-0.2, -0.15) is 4.31 Å². The Bertz CT molecular complexity index is 641.